The van der Waals surface area contributed by atoms with E-state index >= 15 is 0 Å². The van der Waals surface area contributed by atoms with E-state index in [1.165, 1.54) is 11.1 Å². The molecular formula is C16H24N2O2. The van der Waals surface area contributed by atoms with Gasteiger partial charge in [-0.05, 0) is 55.5 Å². The van der Waals surface area contributed by atoms with E-state index in [1.54, 1.807) is 0 Å². The molecule has 2 N–H and O–H groups in total. The molecule has 0 aliphatic carbocycles. The molecule has 1 saturated heterocycles. The first kappa shape index (κ1) is 14.9. The van der Waals surface area contributed by atoms with Gasteiger partial charge in [-0.2, -0.15) is 0 Å². The van der Waals surface area contributed by atoms with E-state index in [1.807, 2.05) is 30.0 Å². The van der Waals surface area contributed by atoms with Crippen LogP contribution in [-0.2, 0) is 4.79 Å². The molecule has 1 amide bonds. The average molecular weight is 276 g/mol. The van der Waals surface area contributed by atoms with Crippen LogP contribution in [0.15, 0.2) is 18.2 Å². The summed E-state index contributed by atoms with van der Waals surface area (Å²) in [5.74, 6) is 0.794. The van der Waals surface area contributed by atoms with E-state index < -0.39 is 0 Å². The quantitative estimate of drug-likeness (QED) is 0.913. The van der Waals surface area contributed by atoms with Crippen LogP contribution in [0.5, 0.6) is 5.75 Å². The van der Waals surface area contributed by atoms with Crippen LogP contribution in [0.2, 0.25) is 0 Å². The van der Waals surface area contributed by atoms with Gasteiger partial charge in [0.05, 0.1) is 0 Å². The molecule has 0 spiro atoms. The lowest BCUT2D eigenvalue weighted by molar-refractivity contribution is -0.132. The second-order valence-corrected chi connectivity index (χ2v) is 6.11. The summed E-state index contributed by atoms with van der Waals surface area (Å²) in [6.07, 6.45) is 0.971. The standard InChI is InChI=1S/C16H24N2O2/c1-12-4-5-14(8-13(12)2)20-9-15(19)18-7-6-16(3,10-17)11-18/h4-5,8H,6-7,9-11,17H2,1-3H3. The van der Waals surface area contributed by atoms with Crippen molar-refractivity contribution in [2.24, 2.45) is 11.1 Å². The van der Waals surface area contributed by atoms with E-state index in [0.29, 0.717) is 6.54 Å². The molecule has 110 valence electrons. The zero-order valence-electron chi connectivity index (χ0n) is 12.6. The number of ether oxygens (including phenoxy) is 1. The second-order valence-electron chi connectivity index (χ2n) is 6.11. The van der Waals surface area contributed by atoms with E-state index in [9.17, 15) is 4.79 Å². The summed E-state index contributed by atoms with van der Waals surface area (Å²) in [6.45, 7) is 8.46. The number of likely N-dealkylation sites (tertiary alicyclic amines) is 1. The van der Waals surface area contributed by atoms with Crippen LogP contribution >= 0.6 is 0 Å². The molecule has 1 unspecified atom stereocenters. The molecule has 20 heavy (non-hydrogen) atoms. The molecule has 1 aromatic carbocycles. The van der Waals surface area contributed by atoms with Crippen molar-refractivity contribution in [2.45, 2.75) is 27.2 Å². The average Bonchev–Trinajstić information content (AvgIpc) is 2.83. The molecule has 2 rings (SSSR count). The normalized spacial score (nSPS) is 22.1. The van der Waals surface area contributed by atoms with E-state index in [0.717, 1.165) is 25.3 Å². The first-order valence-electron chi connectivity index (χ1n) is 7.11. The molecule has 4 nitrogen and oxygen atoms in total. The van der Waals surface area contributed by atoms with Crippen LogP contribution in [0.3, 0.4) is 0 Å². The van der Waals surface area contributed by atoms with Crippen LogP contribution in [0.4, 0.5) is 0 Å². The van der Waals surface area contributed by atoms with Crippen molar-refractivity contribution in [3.05, 3.63) is 29.3 Å². The summed E-state index contributed by atoms with van der Waals surface area (Å²) >= 11 is 0. The molecular weight excluding hydrogens is 252 g/mol. The number of carbonyl (C=O) groups is 1. The number of carbonyl (C=O) groups excluding carboxylic acids is 1. The molecule has 0 bridgehead atoms. The van der Waals surface area contributed by atoms with Crippen molar-refractivity contribution in [1.29, 1.82) is 0 Å². The molecule has 0 saturated carbocycles. The third-order valence-electron chi connectivity index (χ3n) is 4.24. The van der Waals surface area contributed by atoms with Gasteiger partial charge in [0.1, 0.15) is 5.75 Å². The van der Waals surface area contributed by atoms with Crippen LogP contribution < -0.4 is 10.5 Å². The zero-order chi connectivity index (χ0) is 14.8. The van der Waals surface area contributed by atoms with Crippen molar-refractivity contribution >= 4 is 5.91 Å². The Bertz CT molecular complexity index is 501. The number of nitrogens with zero attached hydrogens (tertiary/aromatic N) is 1. The van der Waals surface area contributed by atoms with Crippen LogP contribution in [0.1, 0.15) is 24.5 Å². The number of benzene rings is 1. The second kappa shape index (κ2) is 5.83. The van der Waals surface area contributed by atoms with Gasteiger partial charge in [-0.3, -0.25) is 4.79 Å². The minimum absolute atomic E-state index is 0.0420. The first-order chi connectivity index (χ1) is 9.43. The molecule has 1 aliphatic heterocycles. The largest absolute Gasteiger partial charge is 0.484 e. The highest BCUT2D eigenvalue weighted by molar-refractivity contribution is 5.78. The van der Waals surface area contributed by atoms with Gasteiger partial charge in [-0.1, -0.05) is 13.0 Å². The third-order valence-corrected chi connectivity index (χ3v) is 4.24. The summed E-state index contributed by atoms with van der Waals surface area (Å²) in [4.78, 5) is 14.0. The number of hydrogen-bond acceptors (Lipinski definition) is 3. The van der Waals surface area contributed by atoms with E-state index in [2.05, 4.69) is 13.8 Å². The van der Waals surface area contributed by atoms with Crippen molar-refractivity contribution in [2.75, 3.05) is 26.2 Å². The SMILES string of the molecule is Cc1ccc(OCC(=O)N2CCC(C)(CN)C2)cc1C. The fourth-order valence-electron chi connectivity index (χ4n) is 2.44. The molecule has 4 heteroatoms. The van der Waals surface area contributed by atoms with Gasteiger partial charge in [0.15, 0.2) is 6.61 Å². The maximum Gasteiger partial charge on any atom is 0.260 e. The van der Waals surface area contributed by atoms with Crippen molar-refractivity contribution in [3.8, 4) is 5.75 Å². The van der Waals surface area contributed by atoms with Crippen LogP contribution in [0, 0.1) is 19.3 Å². The maximum atomic E-state index is 12.1. The summed E-state index contributed by atoms with van der Waals surface area (Å²) in [5.41, 5.74) is 8.22. The highest BCUT2D eigenvalue weighted by Gasteiger charge is 2.34. The lowest BCUT2D eigenvalue weighted by Gasteiger charge is -2.22. The number of aryl methyl sites for hydroxylation is 2. The van der Waals surface area contributed by atoms with Gasteiger partial charge >= 0.3 is 0 Å². The highest BCUT2D eigenvalue weighted by Crippen LogP contribution is 2.28. The first-order valence-corrected chi connectivity index (χ1v) is 7.11. The van der Waals surface area contributed by atoms with Gasteiger partial charge in [0, 0.05) is 13.1 Å². The Kier molecular flexibility index (Phi) is 4.33. The summed E-state index contributed by atoms with van der Waals surface area (Å²) in [7, 11) is 0. The van der Waals surface area contributed by atoms with Crippen molar-refractivity contribution in [3.63, 3.8) is 0 Å². The van der Waals surface area contributed by atoms with Crippen molar-refractivity contribution < 1.29 is 9.53 Å². The lowest BCUT2D eigenvalue weighted by Crippen LogP contribution is -2.36. The Morgan fingerprint density at radius 3 is 2.75 bits per heavy atom. The Morgan fingerprint density at radius 2 is 2.15 bits per heavy atom. The van der Waals surface area contributed by atoms with Crippen molar-refractivity contribution in [1.82, 2.24) is 4.90 Å². The number of nitrogens with two attached hydrogens (primary N) is 1. The Morgan fingerprint density at radius 1 is 1.40 bits per heavy atom. The Balaban J connectivity index is 1.88. The summed E-state index contributed by atoms with van der Waals surface area (Å²) < 4.78 is 5.60. The molecule has 1 atom stereocenters. The molecule has 0 aromatic heterocycles. The Hall–Kier alpha value is -1.55. The van der Waals surface area contributed by atoms with Gasteiger partial charge in [-0.25, -0.2) is 0 Å². The van der Waals surface area contributed by atoms with Gasteiger partial charge in [0.2, 0.25) is 0 Å². The molecule has 1 fully saturated rings. The maximum absolute atomic E-state index is 12.1. The van der Waals surface area contributed by atoms with Gasteiger partial charge < -0.3 is 15.4 Å². The predicted octanol–water partition coefficient (Wildman–Crippen LogP) is 1.88. The van der Waals surface area contributed by atoms with E-state index in [-0.39, 0.29) is 17.9 Å². The zero-order valence-corrected chi connectivity index (χ0v) is 12.6. The van der Waals surface area contributed by atoms with E-state index in [4.69, 9.17) is 10.5 Å². The molecule has 1 aliphatic rings. The fraction of sp³-hybridized carbons (Fsp3) is 0.562. The Labute approximate surface area is 120 Å². The highest BCUT2D eigenvalue weighted by atomic mass is 16.5. The minimum atomic E-state index is 0.0420. The fourth-order valence-corrected chi connectivity index (χ4v) is 2.44. The molecule has 1 heterocycles. The monoisotopic (exact) mass is 276 g/mol. The molecule has 0 radical (unpaired) electrons. The van der Waals surface area contributed by atoms with Crippen LogP contribution in [0.25, 0.3) is 0 Å². The number of rotatable bonds is 4. The minimum Gasteiger partial charge on any atom is -0.484 e. The van der Waals surface area contributed by atoms with Crippen LogP contribution in [-0.4, -0.2) is 37.0 Å². The number of hydrogen-bond donors (Lipinski definition) is 1. The van der Waals surface area contributed by atoms with Gasteiger partial charge in [-0.15, -0.1) is 0 Å². The topological polar surface area (TPSA) is 55.6 Å². The molecule has 1 aromatic rings. The smallest absolute Gasteiger partial charge is 0.260 e. The predicted molar refractivity (Wildman–Crippen MR) is 79.8 cm³/mol. The number of amides is 1. The summed E-state index contributed by atoms with van der Waals surface area (Å²) in [5, 5.41) is 0. The summed E-state index contributed by atoms with van der Waals surface area (Å²) in [6, 6.07) is 5.89. The van der Waals surface area contributed by atoms with Gasteiger partial charge in [0.25, 0.3) is 5.91 Å². The third kappa shape index (κ3) is 3.31. The lowest BCUT2D eigenvalue weighted by atomic mass is 9.90.